The molecule has 0 amide bonds. The van der Waals surface area contributed by atoms with E-state index in [9.17, 15) is 0 Å². The molecule has 1 unspecified atom stereocenters. The third-order valence-corrected chi connectivity index (χ3v) is 3.47. The average molecular weight is 273 g/mol. The van der Waals surface area contributed by atoms with Crippen molar-refractivity contribution in [3.8, 4) is 11.5 Å². The lowest BCUT2D eigenvalue weighted by Crippen LogP contribution is -2.18. The van der Waals surface area contributed by atoms with Crippen LogP contribution in [0.1, 0.15) is 30.5 Å². The number of H-pyrrole nitrogens is 1. The quantitative estimate of drug-likeness (QED) is 0.898. The van der Waals surface area contributed by atoms with Crippen molar-refractivity contribution < 1.29 is 9.47 Å². The minimum Gasteiger partial charge on any atom is -0.490 e. The summed E-state index contributed by atoms with van der Waals surface area (Å²) in [7, 11) is 0. The fraction of sp³-hybridized carbons (Fsp3) is 0.400. The lowest BCUT2D eigenvalue weighted by Gasteiger charge is -2.15. The van der Waals surface area contributed by atoms with E-state index >= 15 is 0 Å². The molecular formula is C15H19N3O2. The van der Waals surface area contributed by atoms with Gasteiger partial charge in [-0.3, -0.25) is 5.10 Å². The van der Waals surface area contributed by atoms with Crippen LogP contribution < -0.4 is 14.8 Å². The van der Waals surface area contributed by atoms with Crippen LogP contribution in [0.2, 0.25) is 0 Å². The van der Waals surface area contributed by atoms with Crippen molar-refractivity contribution in [2.45, 2.75) is 25.9 Å². The molecule has 1 atom stereocenters. The number of fused-ring (bicyclic) bond motifs is 1. The fourth-order valence-electron chi connectivity index (χ4n) is 2.27. The van der Waals surface area contributed by atoms with Gasteiger partial charge in [0, 0.05) is 36.3 Å². The summed E-state index contributed by atoms with van der Waals surface area (Å²) in [6.07, 6.45) is 4.67. The number of benzene rings is 1. The lowest BCUT2D eigenvalue weighted by molar-refractivity contribution is 0.295. The summed E-state index contributed by atoms with van der Waals surface area (Å²) in [6.45, 7) is 4.28. The molecule has 1 aromatic carbocycles. The highest BCUT2D eigenvalue weighted by Gasteiger charge is 2.15. The van der Waals surface area contributed by atoms with Crippen molar-refractivity contribution >= 4 is 0 Å². The van der Waals surface area contributed by atoms with Crippen molar-refractivity contribution in [2.75, 3.05) is 13.2 Å². The van der Waals surface area contributed by atoms with Gasteiger partial charge in [0.05, 0.1) is 19.4 Å². The molecule has 20 heavy (non-hydrogen) atoms. The predicted octanol–water partition coefficient (Wildman–Crippen LogP) is 2.42. The number of nitrogens with zero attached hydrogens (tertiary/aromatic N) is 1. The van der Waals surface area contributed by atoms with Gasteiger partial charge in [0.25, 0.3) is 0 Å². The Labute approximate surface area is 118 Å². The first-order valence-corrected chi connectivity index (χ1v) is 6.94. The van der Waals surface area contributed by atoms with E-state index in [1.165, 1.54) is 0 Å². The second-order valence-electron chi connectivity index (χ2n) is 4.93. The van der Waals surface area contributed by atoms with Gasteiger partial charge in [0.15, 0.2) is 11.5 Å². The summed E-state index contributed by atoms with van der Waals surface area (Å²) in [5, 5.41) is 10.3. The Kier molecular flexibility index (Phi) is 3.87. The van der Waals surface area contributed by atoms with Gasteiger partial charge in [0.1, 0.15) is 0 Å². The first-order valence-electron chi connectivity index (χ1n) is 6.94. The number of rotatable bonds is 4. The number of aromatic nitrogens is 2. The molecular weight excluding hydrogens is 254 g/mol. The Hall–Kier alpha value is -2.01. The minimum absolute atomic E-state index is 0.233. The molecule has 0 aliphatic carbocycles. The highest BCUT2D eigenvalue weighted by Crippen LogP contribution is 2.33. The van der Waals surface area contributed by atoms with Gasteiger partial charge < -0.3 is 14.8 Å². The summed E-state index contributed by atoms with van der Waals surface area (Å²) < 4.78 is 11.5. The molecule has 0 saturated carbocycles. The molecule has 2 N–H and O–H groups in total. The van der Waals surface area contributed by atoms with E-state index in [4.69, 9.17) is 9.47 Å². The van der Waals surface area contributed by atoms with Crippen molar-refractivity contribution in [1.82, 2.24) is 15.5 Å². The molecule has 1 aliphatic rings. The SMILES string of the molecule is CC(NCc1cccc2c1OCCCO2)c1cn[nH]c1. The van der Waals surface area contributed by atoms with E-state index in [1.54, 1.807) is 0 Å². The van der Waals surface area contributed by atoms with Crippen LogP contribution in [0.15, 0.2) is 30.6 Å². The summed E-state index contributed by atoms with van der Waals surface area (Å²) in [6, 6.07) is 6.27. The Balaban J connectivity index is 1.71. The molecule has 2 aromatic rings. The van der Waals surface area contributed by atoms with Crippen LogP contribution in [0, 0.1) is 0 Å². The summed E-state index contributed by atoms with van der Waals surface area (Å²) in [5.74, 6) is 1.72. The number of ether oxygens (including phenoxy) is 2. The van der Waals surface area contributed by atoms with Crippen LogP contribution >= 0.6 is 0 Å². The Bertz CT molecular complexity index is 554. The number of para-hydroxylation sites is 1. The van der Waals surface area contributed by atoms with E-state index in [1.807, 2.05) is 24.5 Å². The highest BCUT2D eigenvalue weighted by atomic mass is 16.5. The van der Waals surface area contributed by atoms with Crippen molar-refractivity contribution in [3.05, 3.63) is 41.7 Å². The van der Waals surface area contributed by atoms with Crippen LogP contribution in [0.5, 0.6) is 11.5 Å². The summed E-state index contributed by atoms with van der Waals surface area (Å²) >= 11 is 0. The van der Waals surface area contributed by atoms with E-state index in [0.717, 1.165) is 42.2 Å². The molecule has 1 aromatic heterocycles. The van der Waals surface area contributed by atoms with Gasteiger partial charge in [-0.15, -0.1) is 0 Å². The standard InChI is InChI=1S/C15H19N3O2/c1-11(13-9-17-18-10-13)16-8-12-4-2-5-14-15(12)20-7-3-6-19-14/h2,4-5,9-11,16H,3,6-8H2,1H3,(H,17,18). The maximum atomic E-state index is 5.82. The first kappa shape index (κ1) is 13.0. The third kappa shape index (κ3) is 2.77. The second-order valence-corrected chi connectivity index (χ2v) is 4.93. The van der Waals surface area contributed by atoms with Gasteiger partial charge in [-0.05, 0) is 13.0 Å². The van der Waals surface area contributed by atoms with Crippen molar-refractivity contribution in [1.29, 1.82) is 0 Å². The maximum Gasteiger partial charge on any atom is 0.165 e. The normalized spacial score (nSPS) is 15.7. The maximum absolute atomic E-state index is 5.82. The van der Waals surface area contributed by atoms with E-state index in [0.29, 0.717) is 6.61 Å². The Morgan fingerprint density at radius 3 is 3.10 bits per heavy atom. The van der Waals surface area contributed by atoms with Gasteiger partial charge >= 0.3 is 0 Å². The molecule has 0 radical (unpaired) electrons. The fourth-order valence-corrected chi connectivity index (χ4v) is 2.27. The number of hydrogen-bond donors (Lipinski definition) is 2. The second kappa shape index (κ2) is 5.96. The topological polar surface area (TPSA) is 59.2 Å². The van der Waals surface area contributed by atoms with E-state index in [2.05, 4.69) is 28.5 Å². The zero-order valence-corrected chi connectivity index (χ0v) is 11.6. The van der Waals surface area contributed by atoms with Gasteiger partial charge in [-0.25, -0.2) is 0 Å². The number of hydrogen-bond acceptors (Lipinski definition) is 4. The van der Waals surface area contributed by atoms with Gasteiger partial charge in [-0.2, -0.15) is 5.10 Å². The smallest absolute Gasteiger partial charge is 0.165 e. The van der Waals surface area contributed by atoms with Crippen LogP contribution in [-0.4, -0.2) is 23.4 Å². The molecule has 1 aliphatic heterocycles. The molecule has 106 valence electrons. The molecule has 2 heterocycles. The monoisotopic (exact) mass is 273 g/mol. The molecule has 3 rings (SSSR count). The van der Waals surface area contributed by atoms with Crippen molar-refractivity contribution in [2.24, 2.45) is 0 Å². The van der Waals surface area contributed by atoms with Crippen molar-refractivity contribution in [3.63, 3.8) is 0 Å². The molecule has 0 fully saturated rings. The number of aromatic amines is 1. The predicted molar refractivity (Wildman–Crippen MR) is 75.9 cm³/mol. The van der Waals surface area contributed by atoms with Crippen LogP contribution in [-0.2, 0) is 6.54 Å². The Morgan fingerprint density at radius 1 is 1.35 bits per heavy atom. The zero-order valence-electron chi connectivity index (χ0n) is 11.6. The summed E-state index contributed by atoms with van der Waals surface area (Å²) in [4.78, 5) is 0. The van der Waals surface area contributed by atoms with Gasteiger partial charge in [0.2, 0.25) is 0 Å². The van der Waals surface area contributed by atoms with Gasteiger partial charge in [-0.1, -0.05) is 12.1 Å². The van der Waals surface area contributed by atoms with Crippen LogP contribution in [0.4, 0.5) is 0 Å². The molecule has 0 saturated heterocycles. The lowest BCUT2D eigenvalue weighted by atomic mass is 10.1. The largest absolute Gasteiger partial charge is 0.490 e. The number of nitrogens with one attached hydrogen (secondary N) is 2. The zero-order chi connectivity index (χ0) is 13.8. The van der Waals surface area contributed by atoms with E-state index < -0.39 is 0 Å². The Morgan fingerprint density at radius 2 is 2.25 bits per heavy atom. The first-order chi connectivity index (χ1) is 9.84. The van der Waals surface area contributed by atoms with Crippen LogP contribution in [0.3, 0.4) is 0 Å². The molecule has 0 spiro atoms. The highest BCUT2D eigenvalue weighted by molar-refractivity contribution is 5.47. The molecule has 5 heteroatoms. The van der Waals surface area contributed by atoms with Crippen LogP contribution in [0.25, 0.3) is 0 Å². The minimum atomic E-state index is 0.233. The van der Waals surface area contributed by atoms with E-state index in [-0.39, 0.29) is 6.04 Å². The third-order valence-electron chi connectivity index (χ3n) is 3.47. The molecule has 5 nitrogen and oxygen atoms in total. The molecule has 0 bridgehead atoms. The average Bonchev–Trinajstić information content (AvgIpc) is 2.90. The summed E-state index contributed by atoms with van der Waals surface area (Å²) in [5.41, 5.74) is 2.27.